The molecule has 234 valence electrons. The van der Waals surface area contributed by atoms with E-state index in [1.807, 2.05) is 46.2 Å². The molecule has 2 fully saturated rings. The summed E-state index contributed by atoms with van der Waals surface area (Å²) in [6, 6.07) is 15.5. The molecule has 0 N–H and O–H groups in total. The lowest BCUT2D eigenvalue weighted by Crippen LogP contribution is -2.50. The molecule has 2 aromatic rings. The van der Waals surface area contributed by atoms with Gasteiger partial charge in [-0.15, -0.1) is 0 Å². The summed E-state index contributed by atoms with van der Waals surface area (Å²) in [4.78, 5) is 42.8. The monoisotopic (exact) mass is 653 g/mol. The van der Waals surface area contributed by atoms with Crippen LogP contribution in [0, 0.1) is 5.92 Å². The van der Waals surface area contributed by atoms with Crippen LogP contribution in [0.3, 0.4) is 0 Å². The molecule has 10 heteroatoms. The quantitative estimate of drug-likeness (QED) is 0.344. The summed E-state index contributed by atoms with van der Waals surface area (Å²) < 4.78 is 0. The normalized spacial score (nSPS) is 28.5. The first-order valence-electron chi connectivity index (χ1n) is 15.5. The van der Waals surface area contributed by atoms with E-state index in [4.69, 9.17) is 28.2 Å². The molecule has 44 heavy (non-hydrogen) atoms. The maximum absolute atomic E-state index is 14.6. The zero-order valence-corrected chi connectivity index (χ0v) is 28.6. The average molecular weight is 655 g/mol. The predicted molar refractivity (Wildman–Crippen MR) is 180 cm³/mol. The van der Waals surface area contributed by atoms with E-state index in [9.17, 15) is 9.59 Å². The third-order valence-corrected chi connectivity index (χ3v) is 11.3. The summed E-state index contributed by atoms with van der Waals surface area (Å²) in [6.45, 7) is 9.92. The molecule has 5 atom stereocenters. The van der Waals surface area contributed by atoms with Crippen molar-refractivity contribution in [1.29, 1.82) is 0 Å². The van der Waals surface area contributed by atoms with Crippen molar-refractivity contribution < 1.29 is 9.59 Å². The van der Waals surface area contributed by atoms with E-state index >= 15 is 0 Å². The Hall–Kier alpha value is -2.52. The van der Waals surface area contributed by atoms with E-state index in [1.165, 1.54) is 11.8 Å². The van der Waals surface area contributed by atoms with Gasteiger partial charge in [0.2, 0.25) is 5.91 Å². The number of carbonyl (C=O) groups is 2. The first kappa shape index (κ1) is 31.5. The number of amidine groups is 1. The molecule has 7 nitrogen and oxygen atoms in total. The number of fused-ring (bicyclic) bond motifs is 1. The fraction of sp³-hybridized carbons (Fsp3) is 0.500. The Bertz CT molecular complexity index is 1510. The van der Waals surface area contributed by atoms with E-state index in [-0.39, 0.29) is 29.8 Å². The van der Waals surface area contributed by atoms with Gasteiger partial charge in [-0.05, 0) is 100 Å². The summed E-state index contributed by atoms with van der Waals surface area (Å²) in [5, 5.41) is 2.14. The second kappa shape index (κ2) is 12.0. The molecule has 0 saturated carbocycles. The lowest BCUT2D eigenvalue weighted by Gasteiger charge is -2.37. The van der Waals surface area contributed by atoms with Gasteiger partial charge in [-0.25, -0.2) is 4.99 Å². The largest absolute Gasteiger partial charge is 0.339 e. The Kier molecular flexibility index (Phi) is 8.59. The molecule has 6 rings (SSSR count). The van der Waals surface area contributed by atoms with Crippen molar-refractivity contribution in [2.45, 2.75) is 76.7 Å². The highest BCUT2D eigenvalue weighted by Gasteiger charge is 2.54. The number of thioether (sulfide) groups is 1. The number of likely N-dealkylation sites (N-methyl/N-ethyl adjacent to an activating group) is 1. The lowest BCUT2D eigenvalue weighted by atomic mass is 9.81. The number of rotatable bonds is 6. The Morgan fingerprint density at radius 3 is 2.23 bits per heavy atom. The Balaban J connectivity index is 1.38. The first-order valence-corrected chi connectivity index (χ1v) is 17.1. The standard InChI is InChI=1S/C34H41Cl2N5O2S/c1-20(2)28-29(32(43)40-21(3)7-16-27(40)31(42)39-18-17-26(19-39)38(5)6)44-33-37-34(4,23-10-14-25(36)15-11-23)30(41(28)33)22-8-12-24(35)13-9-22/h8-15,20-21,26-27,30H,7,16-19H2,1-6H3/t21-,26+,27+,30-,34+/m1/s1. The number of likely N-dealkylation sites (tertiary alicyclic amines) is 2. The number of amides is 2. The molecular formula is C34H41Cl2N5O2S. The van der Waals surface area contributed by atoms with Crippen LogP contribution in [-0.4, -0.2) is 81.9 Å². The summed E-state index contributed by atoms with van der Waals surface area (Å²) in [5.41, 5.74) is 2.43. The molecule has 4 heterocycles. The predicted octanol–water partition coefficient (Wildman–Crippen LogP) is 6.78. The second-order valence-electron chi connectivity index (χ2n) is 13.2. The lowest BCUT2D eigenvalue weighted by molar-refractivity contribution is -0.142. The Labute approximate surface area is 275 Å². The minimum atomic E-state index is -0.631. The molecule has 2 amide bonds. The fourth-order valence-corrected chi connectivity index (χ4v) is 8.93. The van der Waals surface area contributed by atoms with Crippen molar-refractivity contribution in [2.24, 2.45) is 10.9 Å². The van der Waals surface area contributed by atoms with Crippen molar-refractivity contribution in [3.05, 3.63) is 80.3 Å². The topological polar surface area (TPSA) is 59.5 Å². The molecule has 0 spiro atoms. The van der Waals surface area contributed by atoms with Gasteiger partial charge < -0.3 is 19.6 Å². The Morgan fingerprint density at radius 2 is 1.64 bits per heavy atom. The van der Waals surface area contributed by atoms with Gasteiger partial charge in [0.05, 0.1) is 6.04 Å². The van der Waals surface area contributed by atoms with Crippen LogP contribution in [0.25, 0.3) is 0 Å². The molecule has 0 bridgehead atoms. The number of carbonyl (C=O) groups excluding carboxylic acids is 2. The number of nitrogens with zero attached hydrogens (tertiary/aromatic N) is 5. The van der Waals surface area contributed by atoms with E-state index in [2.05, 4.69) is 63.7 Å². The highest BCUT2D eigenvalue weighted by molar-refractivity contribution is 8.18. The molecule has 2 aromatic carbocycles. The van der Waals surface area contributed by atoms with Crippen LogP contribution in [0.5, 0.6) is 0 Å². The third kappa shape index (κ3) is 5.36. The summed E-state index contributed by atoms with van der Waals surface area (Å²) in [6.07, 6.45) is 2.46. The zero-order chi connectivity index (χ0) is 31.5. The first-order chi connectivity index (χ1) is 20.9. The molecule has 0 radical (unpaired) electrons. The van der Waals surface area contributed by atoms with E-state index < -0.39 is 11.6 Å². The van der Waals surface area contributed by atoms with Gasteiger partial charge in [0.1, 0.15) is 16.5 Å². The summed E-state index contributed by atoms with van der Waals surface area (Å²) in [7, 11) is 4.13. The fourth-order valence-electron chi connectivity index (χ4n) is 7.32. The van der Waals surface area contributed by atoms with Gasteiger partial charge in [-0.3, -0.25) is 9.59 Å². The van der Waals surface area contributed by atoms with Crippen LogP contribution in [0.4, 0.5) is 0 Å². The number of halogens is 2. The van der Waals surface area contributed by atoms with Crippen LogP contribution in [0.15, 0.2) is 64.1 Å². The number of benzene rings is 2. The molecule has 4 aliphatic rings. The van der Waals surface area contributed by atoms with E-state index in [0.717, 1.165) is 41.4 Å². The summed E-state index contributed by atoms with van der Waals surface area (Å²) in [5.74, 6) is 0.0579. The molecule has 0 aliphatic carbocycles. The van der Waals surface area contributed by atoms with Gasteiger partial charge in [0, 0.05) is 40.9 Å². The number of hydrogen-bond acceptors (Lipinski definition) is 6. The molecule has 2 saturated heterocycles. The zero-order valence-electron chi connectivity index (χ0n) is 26.3. The van der Waals surface area contributed by atoms with Gasteiger partial charge in [-0.2, -0.15) is 0 Å². The van der Waals surface area contributed by atoms with Crippen LogP contribution in [-0.2, 0) is 15.1 Å². The smallest absolute Gasteiger partial charge is 0.263 e. The van der Waals surface area contributed by atoms with Gasteiger partial charge >= 0.3 is 0 Å². The van der Waals surface area contributed by atoms with Crippen LogP contribution in [0.1, 0.15) is 64.1 Å². The molecule has 4 aliphatic heterocycles. The molecular weight excluding hydrogens is 613 g/mol. The minimum absolute atomic E-state index is 0.0195. The summed E-state index contributed by atoms with van der Waals surface area (Å²) >= 11 is 14.0. The van der Waals surface area contributed by atoms with E-state index in [1.54, 1.807) is 0 Å². The van der Waals surface area contributed by atoms with Crippen LogP contribution >= 0.6 is 35.0 Å². The van der Waals surface area contributed by atoms with Gasteiger partial charge in [-0.1, -0.05) is 61.3 Å². The average Bonchev–Trinajstić information content (AvgIpc) is 3.75. The Morgan fingerprint density at radius 1 is 1.00 bits per heavy atom. The van der Waals surface area contributed by atoms with Crippen molar-refractivity contribution in [1.82, 2.24) is 19.6 Å². The van der Waals surface area contributed by atoms with Crippen LogP contribution < -0.4 is 0 Å². The van der Waals surface area contributed by atoms with E-state index in [0.29, 0.717) is 34.0 Å². The maximum atomic E-state index is 14.6. The maximum Gasteiger partial charge on any atom is 0.263 e. The highest BCUT2D eigenvalue weighted by atomic mass is 35.5. The number of allylic oxidation sites excluding steroid dienone is 1. The number of hydrogen-bond donors (Lipinski definition) is 0. The number of aliphatic imine (C=N–C) groups is 1. The minimum Gasteiger partial charge on any atom is -0.339 e. The van der Waals surface area contributed by atoms with Gasteiger partial charge in [0.25, 0.3) is 5.91 Å². The van der Waals surface area contributed by atoms with Gasteiger partial charge in [0.15, 0.2) is 5.17 Å². The highest BCUT2D eigenvalue weighted by Crippen LogP contribution is 2.56. The van der Waals surface area contributed by atoms with Crippen molar-refractivity contribution >= 4 is 51.9 Å². The van der Waals surface area contributed by atoms with Crippen LogP contribution in [0.2, 0.25) is 10.0 Å². The second-order valence-corrected chi connectivity index (χ2v) is 15.0. The SMILES string of the molecule is CC(C)C1=C(C(=O)N2[C@H](C)CC[C@H]2C(=O)N2CC[C@H](N(C)C)C2)SC2=N[C@@](C)(c3ccc(Cl)cc3)[C@@H](c3ccc(Cl)cc3)N21. The third-order valence-electron chi connectivity index (χ3n) is 9.76. The van der Waals surface area contributed by atoms with Crippen molar-refractivity contribution in [3.63, 3.8) is 0 Å². The van der Waals surface area contributed by atoms with Crippen molar-refractivity contribution in [3.8, 4) is 0 Å². The van der Waals surface area contributed by atoms with Crippen molar-refractivity contribution in [2.75, 3.05) is 27.2 Å². The molecule has 0 aromatic heterocycles. The molecule has 0 unspecified atom stereocenters.